The first-order valence-corrected chi connectivity index (χ1v) is 9.01. The van der Waals surface area contributed by atoms with Gasteiger partial charge in [-0.1, -0.05) is 63.2 Å². The molecule has 126 valence electrons. The maximum absolute atomic E-state index is 9.21. The summed E-state index contributed by atoms with van der Waals surface area (Å²) in [6.07, 6.45) is 0. The van der Waals surface area contributed by atoms with Crippen molar-refractivity contribution in [2.75, 3.05) is 5.32 Å². The number of nitriles is 2. The van der Waals surface area contributed by atoms with Gasteiger partial charge in [-0.15, -0.1) is 11.8 Å². The van der Waals surface area contributed by atoms with Gasteiger partial charge < -0.3 is 5.32 Å². The lowest BCUT2D eigenvalue weighted by Gasteiger charge is -2.19. The van der Waals surface area contributed by atoms with Crippen LogP contribution in [0.5, 0.6) is 0 Å². The lowest BCUT2D eigenvalue weighted by atomic mass is 9.87. The fourth-order valence-electron chi connectivity index (χ4n) is 2.21. The first kappa shape index (κ1) is 18.6. The summed E-state index contributed by atoms with van der Waals surface area (Å²) in [6.45, 7) is 6.56. The van der Waals surface area contributed by atoms with Gasteiger partial charge in [0.2, 0.25) is 0 Å². The molecule has 0 aliphatic rings. The van der Waals surface area contributed by atoms with Crippen molar-refractivity contribution in [2.45, 2.75) is 31.9 Å². The zero-order chi connectivity index (χ0) is 18.3. The summed E-state index contributed by atoms with van der Waals surface area (Å²) in [5.41, 5.74) is 3.52. The third kappa shape index (κ3) is 5.41. The van der Waals surface area contributed by atoms with Gasteiger partial charge in [-0.3, -0.25) is 0 Å². The number of benzene rings is 2. The normalized spacial score (nSPS) is 10.4. The second-order valence-electron chi connectivity index (χ2n) is 6.65. The fraction of sp³-hybridized carbons (Fsp3) is 0.238. The van der Waals surface area contributed by atoms with E-state index >= 15 is 0 Å². The van der Waals surface area contributed by atoms with Crippen LogP contribution in [0.15, 0.2) is 65.2 Å². The van der Waals surface area contributed by atoms with Crippen LogP contribution in [-0.4, -0.2) is 0 Å². The zero-order valence-corrected chi connectivity index (χ0v) is 15.5. The van der Waals surface area contributed by atoms with Crippen molar-refractivity contribution in [1.82, 2.24) is 0 Å². The van der Waals surface area contributed by atoms with Crippen molar-refractivity contribution in [3.8, 4) is 12.1 Å². The number of para-hydroxylation sites is 1. The Balaban J connectivity index is 2.14. The number of anilines is 1. The summed E-state index contributed by atoms with van der Waals surface area (Å²) in [5, 5.41) is 22.2. The van der Waals surface area contributed by atoms with Crippen LogP contribution in [0.25, 0.3) is 0 Å². The Morgan fingerprint density at radius 1 is 0.960 bits per heavy atom. The standard InChI is InChI=1S/C21H21N3S/c1-21(2,3)18-11-9-16(10-12-18)15-25-20(17(13-22)14-23)24-19-7-5-4-6-8-19/h4-12,24H,15H2,1-3H3. The van der Waals surface area contributed by atoms with Crippen molar-refractivity contribution in [3.63, 3.8) is 0 Å². The molecule has 0 radical (unpaired) electrons. The molecule has 0 spiro atoms. The highest BCUT2D eigenvalue weighted by molar-refractivity contribution is 8.02. The summed E-state index contributed by atoms with van der Waals surface area (Å²) in [6, 6.07) is 22.0. The molecule has 0 aromatic heterocycles. The van der Waals surface area contributed by atoms with Gasteiger partial charge in [-0.2, -0.15) is 10.5 Å². The molecule has 3 nitrogen and oxygen atoms in total. The quantitative estimate of drug-likeness (QED) is 0.716. The zero-order valence-electron chi connectivity index (χ0n) is 14.7. The topological polar surface area (TPSA) is 59.6 Å². The Morgan fingerprint density at radius 3 is 2.08 bits per heavy atom. The number of hydrogen-bond acceptors (Lipinski definition) is 4. The summed E-state index contributed by atoms with van der Waals surface area (Å²) in [7, 11) is 0. The maximum atomic E-state index is 9.21. The molecule has 0 saturated carbocycles. The number of nitrogens with zero attached hydrogens (tertiary/aromatic N) is 2. The van der Waals surface area contributed by atoms with Crippen LogP contribution < -0.4 is 5.32 Å². The van der Waals surface area contributed by atoms with Crippen molar-refractivity contribution in [2.24, 2.45) is 0 Å². The average Bonchev–Trinajstić information content (AvgIpc) is 2.61. The van der Waals surface area contributed by atoms with E-state index < -0.39 is 0 Å². The second kappa shape index (κ2) is 8.42. The fourth-order valence-corrected chi connectivity index (χ4v) is 3.14. The summed E-state index contributed by atoms with van der Waals surface area (Å²) in [4.78, 5) is 0. The Labute approximate surface area is 154 Å². The van der Waals surface area contributed by atoms with Crippen molar-refractivity contribution >= 4 is 17.4 Å². The SMILES string of the molecule is CC(C)(C)c1ccc(CSC(Nc2ccccc2)=C(C#N)C#N)cc1. The molecule has 1 N–H and O–H groups in total. The average molecular weight is 347 g/mol. The predicted octanol–water partition coefficient (Wildman–Crippen LogP) is 5.59. The molecular formula is C21H21N3S. The molecule has 2 aromatic carbocycles. The van der Waals surface area contributed by atoms with Gasteiger partial charge in [0, 0.05) is 11.4 Å². The molecule has 0 fully saturated rings. The third-order valence-electron chi connectivity index (χ3n) is 3.69. The lowest BCUT2D eigenvalue weighted by Crippen LogP contribution is -2.10. The molecule has 0 unspecified atom stereocenters. The van der Waals surface area contributed by atoms with Gasteiger partial charge in [0.25, 0.3) is 0 Å². The highest BCUT2D eigenvalue weighted by Crippen LogP contribution is 2.28. The lowest BCUT2D eigenvalue weighted by molar-refractivity contribution is 0.590. The second-order valence-corrected chi connectivity index (χ2v) is 7.64. The minimum absolute atomic E-state index is 0.0974. The van der Waals surface area contributed by atoms with Crippen LogP contribution in [0, 0.1) is 22.7 Å². The van der Waals surface area contributed by atoms with E-state index in [0.717, 1.165) is 11.3 Å². The first-order chi connectivity index (χ1) is 11.9. The van der Waals surface area contributed by atoms with Crippen molar-refractivity contribution in [1.29, 1.82) is 10.5 Å². The molecule has 2 rings (SSSR count). The molecule has 0 aliphatic heterocycles. The highest BCUT2D eigenvalue weighted by atomic mass is 32.2. The molecule has 0 atom stereocenters. The highest BCUT2D eigenvalue weighted by Gasteiger charge is 2.13. The van der Waals surface area contributed by atoms with Gasteiger partial charge in [-0.25, -0.2) is 0 Å². The number of nitrogens with one attached hydrogen (secondary N) is 1. The summed E-state index contributed by atoms with van der Waals surface area (Å²) < 4.78 is 0. The van der Waals surface area contributed by atoms with E-state index in [1.165, 1.54) is 17.3 Å². The molecular weight excluding hydrogens is 326 g/mol. The van der Waals surface area contributed by atoms with Gasteiger partial charge >= 0.3 is 0 Å². The summed E-state index contributed by atoms with van der Waals surface area (Å²) in [5.74, 6) is 0.687. The molecule has 0 saturated heterocycles. The molecule has 0 aliphatic carbocycles. The van der Waals surface area contributed by atoms with E-state index in [-0.39, 0.29) is 11.0 Å². The molecule has 0 bridgehead atoms. The predicted molar refractivity (Wildman–Crippen MR) is 105 cm³/mol. The summed E-state index contributed by atoms with van der Waals surface area (Å²) >= 11 is 1.46. The Kier molecular flexibility index (Phi) is 6.28. The number of hydrogen-bond donors (Lipinski definition) is 1. The molecule has 0 heterocycles. The Hall–Kier alpha value is -2.69. The molecule has 2 aromatic rings. The van der Waals surface area contributed by atoms with E-state index in [2.05, 4.69) is 50.4 Å². The Bertz CT molecular complexity index is 801. The maximum Gasteiger partial charge on any atom is 0.159 e. The number of allylic oxidation sites excluding steroid dienone is 1. The van der Waals surface area contributed by atoms with E-state index in [1.54, 1.807) is 0 Å². The molecule has 4 heteroatoms. The van der Waals surface area contributed by atoms with Gasteiger partial charge in [0.15, 0.2) is 5.57 Å². The smallest absolute Gasteiger partial charge is 0.159 e. The van der Waals surface area contributed by atoms with Crippen LogP contribution in [0.2, 0.25) is 0 Å². The first-order valence-electron chi connectivity index (χ1n) is 8.03. The van der Waals surface area contributed by atoms with Crippen LogP contribution in [0.3, 0.4) is 0 Å². The van der Waals surface area contributed by atoms with Crippen molar-refractivity contribution < 1.29 is 0 Å². The molecule has 25 heavy (non-hydrogen) atoms. The van der Waals surface area contributed by atoms with Crippen LogP contribution >= 0.6 is 11.8 Å². The van der Waals surface area contributed by atoms with E-state index in [4.69, 9.17) is 0 Å². The van der Waals surface area contributed by atoms with E-state index in [1.807, 2.05) is 42.5 Å². The van der Waals surface area contributed by atoms with Crippen LogP contribution in [-0.2, 0) is 11.2 Å². The van der Waals surface area contributed by atoms with E-state index in [0.29, 0.717) is 10.8 Å². The van der Waals surface area contributed by atoms with Gasteiger partial charge in [-0.05, 0) is 28.7 Å². The monoisotopic (exact) mass is 347 g/mol. The number of thioether (sulfide) groups is 1. The van der Waals surface area contributed by atoms with Crippen molar-refractivity contribution in [3.05, 3.63) is 76.3 Å². The van der Waals surface area contributed by atoms with Gasteiger partial charge in [0.05, 0.1) is 0 Å². The van der Waals surface area contributed by atoms with Gasteiger partial charge in [0.1, 0.15) is 17.2 Å². The largest absolute Gasteiger partial charge is 0.349 e. The van der Waals surface area contributed by atoms with Crippen LogP contribution in [0.1, 0.15) is 31.9 Å². The third-order valence-corrected chi connectivity index (χ3v) is 4.76. The van der Waals surface area contributed by atoms with Crippen LogP contribution in [0.4, 0.5) is 5.69 Å². The molecule has 0 amide bonds. The minimum Gasteiger partial charge on any atom is -0.349 e. The number of rotatable bonds is 5. The Morgan fingerprint density at radius 2 is 1.56 bits per heavy atom. The minimum atomic E-state index is 0.0974. The van der Waals surface area contributed by atoms with E-state index in [9.17, 15) is 10.5 Å².